The Morgan fingerprint density at radius 3 is 2.62 bits per heavy atom. The lowest BCUT2D eigenvalue weighted by Gasteiger charge is -2.48. The molecule has 1 aromatic carbocycles. The molecule has 0 amide bonds. The van der Waals surface area contributed by atoms with Crippen molar-refractivity contribution in [3.63, 3.8) is 0 Å². The summed E-state index contributed by atoms with van der Waals surface area (Å²) < 4.78 is 5.33. The van der Waals surface area contributed by atoms with Gasteiger partial charge in [-0.3, -0.25) is 4.90 Å². The Balaban J connectivity index is 1.55. The first-order valence-electron chi connectivity index (χ1n) is 8.09. The van der Waals surface area contributed by atoms with E-state index in [0.717, 1.165) is 30.8 Å². The molecule has 0 radical (unpaired) electrons. The van der Waals surface area contributed by atoms with Crippen molar-refractivity contribution >= 4 is 5.69 Å². The van der Waals surface area contributed by atoms with Crippen LogP contribution in [-0.2, 0) is 0 Å². The summed E-state index contributed by atoms with van der Waals surface area (Å²) in [5.74, 6) is 1.81. The molecular formula is C17H27N3O. The first-order chi connectivity index (χ1) is 10.3. The molecule has 1 saturated heterocycles. The third kappa shape index (κ3) is 3.16. The van der Waals surface area contributed by atoms with Gasteiger partial charge < -0.3 is 15.0 Å². The topological polar surface area (TPSA) is 27.7 Å². The second-order valence-electron chi connectivity index (χ2n) is 6.19. The molecule has 2 unspecified atom stereocenters. The maximum Gasteiger partial charge on any atom is 0.120 e. The normalized spacial score (nSPS) is 26.5. The molecule has 2 fully saturated rings. The van der Waals surface area contributed by atoms with E-state index in [-0.39, 0.29) is 0 Å². The van der Waals surface area contributed by atoms with Crippen molar-refractivity contribution in [1.82, 2.24) is 10.2 Å². The fourth-order valence-corrected chi connectivity index (χ4v) is 3.65. The van der Waals surface area contributed by atoms with Crippen LogP contribution in [0.15, 0.2) is 24.3 Å². The number of anilines is 1. The third-order valence-corrected chi connectivity index (χ3v) is 5.05. The predicted octanol–water partition coefficient (Wildman–Crippen LogP) is 1.82. The molecule has 1 aliphatic carbocycles. The minimum absolute atomic E-state index is 0.810. The molecule has 0 aromatic heterocycles. The van der Waals surface area contributed by atoms with Gasteiger partial charge in [-0.25, -0.2) is 0 Å². The largest absolute Gasteiger partial charge is 0.497 e. The van der Waals surface area contributed by atoms with Gasteiger partial charge in [0.05, 0.1) is 7.11 Å². The number of hydrogen-bond donors (Lipinski definition) is 1. The summed E-state index contributed by atoms with van der Waals surface area (Å²) in [5.41, 5.74) is 1.29. The molecule has 2 aliphatic rings. The molecular weight excluding hydrogens is 262 g/mol. The lowest BCUT2D eigenvalue weighted by molar-refractivity contribution is 0.0583. The van der Waals surface area contributed by atoms with Crippen molar-refractivity contribution in [2.45, 2.75) is 18.9 Å². The van der Waals surface area contributed by atoms with E-state index < -0.39 is 0 Å². The number of rotatable bonds is 5. The first kappa shape index (κ1) is 14.7. The van der Waals surface area contributed by atoms with Gasteiger partial charge in [-0.05, 0) is 44.5 Å². The summed E-state index contributed by atoms with van der Waals surface area (Å²) in [7, 11) is 3.80. The molecule has 0 bridgehead atoms. The Hall–Kier alpha value is -1.26. The molecule has 3 rings (SSSR count). The second kappa shape index (κ2) is 6.67. The Bertz CT molecular complexity index is 457. The quantitative estimate of drug-likeness (QED) is 0.895. The highest BCUT2D eigenvalue weighted by Gasteiger charge is 2.36. The Morgan fingerprint density at radius 1 is 1.19 bits per heavy atom. The number of methoxy groups -OCH3 is 1. The highest BCUT2D eigenvalue weighted by atomic mass is 16.5. The van der Waals surface area contributed by atoms with Crippen molar-refractivity contribution < 1.29 is 4.74 Å². The van der Waals surface area contributed by atoms with Gasteiger partial charge in [0.2, 0.25) is 0 Å². The van der Waals surface area contributed by atoms with E-state index in [1.165, 1.54) is 38.2 Å². The van der Waals surface area contributed by atoms with Crippen LogP contribution in [0.25, 0.3) is 0 Å². The minimum Gasteiger partial charge on any atom is -0.497 e. The second-order valence-corrected chi connectivity index (χ2v) is 6.19. The molecule has 116 valence electrons. The van der Waals surface area contributed by atoms with Crippen LogP contribution in [0.5, 0.6) is 5.75 Å². The molecule has 1 heterocycles. The van der Waals surface area contributed by atoms with Gasteiger partial charge in [0.25, 0.3) is 0 Å². The van der Waals surface area contributed by atoms with Crippen molar-refractivity contribution in [2.24, 2.45) is 5.92 Å². The number of benzene rings is 1. The van der Waals surface area contributed by atoms with E-state index in [2.05, 4.69) is 40.4 Å². The Labute approximate surface area is 128 Å². The van der Waals surface area contributed by atoms with Crippen LogP contribution in [-0.4, -0.2) is 57.8 Å². The van der Waals surface area contributed by atoms with Gasteiger partial charge >= 0.3 is 0 Å². The van der Waals surface area contributed by atoms with Crippen LogP contribution in [0, 0.1) is 5.92 Å². The molecule has 1 aromatic rings. The molecule has 0 spiro atoms. The Morgan fingerprint density at radius 2 is 2.00 bits per heavy atom. The monoisotopic (exact) mass is 289 g/mol. The summed E-state index contributed by atoms with van der Waals surface area (Å²) in [6.07, 6.45) is 2.77. The van der Waals surface area contributed by atoms with Crippen LogP contribution in [0.1, 0.15) is 12.8 Å². The zero-order valence-electron chi connectivity index (χ0n) is 13.2. The van der Waals surface area contributed by atoms with Crippen LogP contribution in [0.4, 0.5) is 5.69 Å². The summed E-state index contributed by atoms with van der Waals surface area (Å²) in [6, 6.07) is 9.23. The van der Waals surface area contributed by atoms with Gasteiger partial charge in [0, 0.05) is 44.0 Å². The molecule has 1 aliphatic heterocycles. The van der Waals surface area contributed by atoms with E-state index >= 15 is 0 Å². The molecule has 2 atom stereocenters. The van der Waals surface area contributed by atoms with Crippen LogP contribution < -0.4 is 15.0 Å². The summed E-state index contributed by atoms with van der Waals surface area (Å²) in [5, 5.41) is 3.34. The van der Waals surface area contributed by atoms with Crippen molar-refractivity contribution in [2.75, 3.05) is 51.8 Å². The lowest BCUT2D eigenvalue weighted by atomic mass is 9.78. The van der Waals surface area contributed by atoms with Crippen molar-refractivity contribution in [3.8, 4) is 5.75 Å². The zero-order chi connectivity index (χ0) is 14.7. The van der Waals surface area contributed by atoms with E-state index in [1.54, 1.807) is 7.11 Å². The number of hydrogen-bond acceptors (Lipinski definition) is 4. The third-order valence-electron chi connectivity index (χ3n) is 5.05. The minimum atomic E-state index is 0.810. The molecule has 4 heteroatoms. The molecule has 1 saturated carbocycles. The van der Waals surface area contributed by atoms with Crippen LogP contribution in [0.2, 0.25) is 0 Å². The van der Waals surface area contributed by atoms with Gasteiger partial charge in [-0.15, -0.1) is 0 Å². The van der Waals surface area contributed by atoms with E-state index in [0.29, 0.717) is 0 Å². The fourth-order valence-electron chi connectivity index (χ4n) is 3.65. The zero-order valence-corrected chi connectivity index (χ0v) is 13.2. The standard InChI is InChI=1S/C17H27N3O/c1-18-13-14-6-7-17(14)20-10-8-19(9-11-20)15-4-3-5-16(12-15)21-2/h3-5,12,14,17-18H,6-11,13H2,1-2H3. The molecule has 21 heavy (non-hydrogen) atoms. The van der Waals surface area contributed by atoms with Gasteiger partial charge in [-0.1, -0.05) is 6.07 Å². The number of nitrogens with zero attached hydrogens (tertiary/aromatic N) is 2. The number of nitrogens with one attached hydrogen (secondary N) is 1. The smallest absolute Gasteiger partial charge is 0.120 e. The van der Waals surface area contributed by atoms with E-state index in [4.69, 9.17) is 4.74 Å². The summed E-state index contributed by atoms with van der Waals surface area (Å²) in [4.78, 5) is 5.17. The highest BCUT2D eigenvalue weighted by molar-refractivity contribution is 5.51. The van der Waals surface area contributed by atoms with E-state index in [1.807, 2.05) is 6.07 Å². The summed E-state index contributed by atoms with van der Waals surface area (Å²) >= 11 is 0. The fraction of sp³-hybridized carbons (Fsp3) is 0.647. The van der Waals surface area contributed by atoms with Gasteiger partial charge in [0.15, 0.2) is 0 Å². The average molecular weight is 289 g/mol. The maximum atomic E-state index is 5.33. The van der Waals surface area contributed by atoms with Gasteiger partial charge in [0.1, 0.15) is 5.75 Å². The highest BCUT2D eigenvalue weighted by Crippen LogP contribution is 2.33. The van der Waals surface area contributed by atoms with Gasteiger partial charge in [-0.2, -0.15) is 0 Å². The SMILES string of the molecule is CNCC1CCC1N1CCN(c2cccc(OC)c2)CC1. The van der Waals surface area contributed by atoms with Crippen LogP contribution >= 0.6 is 0 Å². The predicted molar refractivity (Wildman–Crippen MR) is 87.2 cm³/mol. The molecule has 4 nitrogen and oxygen atoms in total. The Kier molecular flexibility index (Phi) is 4.66. The van der Waals surface area contributed by atoms with Crippen molar-refractivity contribution in [1.29, 1.82) is 0 Å². The summed E-state index contributed by atoms with van der Waals surface area (Å²) in [6.45, 7) is 5.77. The van der Waals surface area contributed by atoms with E-state index in [9.17, 15) is 0 Å². The van der Waals surface area contributed by atoms with Crippen molar-refractivity contribution in [3.05, 3.63) is 24.3 Å². The van der Waals surface area contributed by atoms with Crippen LogP contribution in [0.3, 0.4) is 0 Å². The lowest BCUT2D eigenvalue weighted by Crippen LogP contribution is -2.57. The first-order valence-corrected chi connectivity index (χ1v) is 8.09. The number of piperazine rings is 1. The maximum absolute atomic E-state index is 5.33. The number of ether oxygens (including phenoxy) is 1. The average Bonchev–Trinajstić information content (AvgIpc) is 2.52. The molecule has 1 N–H and O–H groups in total.